The lowest BCUT2D eigenvalue weighted by molar-refractivity contribution is -0.122. The van der Waals surface area contributed by atoms with Crippen LogP contribution >= 0.6 is 15.9 Å². The molecule has 0 bridgehead atoms. The summed E-state index contributed by atoms with van der Waals surface area (Å²) in [6.07, 6.45) is 8.23. The van der Waals surface area contributed by atoms with Gasteiger partial charge in [0.15, 0.2) is 0 Å². The van der Waals surface area contributed by atoms with Gasteiger partial charge in [-0.25, -0.2) is 9.37 Å². The maximum Gasteiger partial charge on any atom is 0.259 e. The maximum absolute atomic E-state index is 13.4. The van der Waals surface area contributed by atoms with Crippen molar-refractivity contribution in [3.8, 4) is 0 Å². The number of carbonyl (C=O) groups excluding carboxylic acids is 2. The number of aryl methyl sites for hydroxylation is 2. The standard InChI is InChI=1S/C24H18BrFN4O2/c25-16-4-7-18-19(13-30(20(18)12-16)10-1-9-29-11-8-27-14-29)22-21(23(31)28-24(22)32)15-2-5-17(26)6-3-15/h2-8,11-14H,1,9-10H2,(H,28,31,32). The first-order valence-corrected chi connectivity index (χ1v) is 10.9. The summed E-state index contributed by atoms with van der Waals surface area (Å²) in [7, 11) is 0. The highest BCUT2D eigenvalue weighted by Gasteiger charge is 2.33. The second-order valence-electron chi connectivity index (χ2n) is 7.59. The molecular formula is C24H18BrFN4O2. The minimum atomic E-state index is -0.477. The molecule has 1 aliphatic rings. The smallest absolute Gasteiger partial charge is 0.259 e. The quantitative estimate of drug-likeness (QED) is 0.405. The zero-order valence-corrected chi connectivity index (χ0v) is 18.5. The first-order valence-electron chi connectivity index (χ1n) is 10.1. The van der Waals surface area contributed by atoms with Gasteiger partial charge in [-0.15, -0.1) is 0 Å². The Hall–Kier alpha value is -3.52. The van der Waals surface area contributed by atoms with Crippen molar-refractivity contribution in [3.63, 3.8) is 0 Å². The molecule has 0 aliphatic carbocycles. The molecule has 2 amide bonds. The normalized spacial score (nSPS) is 13.9. The molecule has 0 unspecified atom stereocenters. The minimum Gasteiger partial charge on any atom is -0.347 e. The second kappa shape index (κ2) is 8.20. The number of imide groups is 1. The first-order chi connectivity index (χ1) is 15.5. The summed E-state index contributed by atoms with van der Waals surface area (Å²) in [5.74, 6) is -1.33. The molecule has 32 heavy (non-hydrogen) atoms. The van der Waals surface area contributed by atoms with Gasteiger partial charge in [-0.1, -0.05) is 34.1 Å². The van der Waals surface area contributed by atoms with Crippen molar-refractivity contribution in [3.05, 3.63) is 88.8 Å². The lowest BCUT2D eigenvalue weighted by atomic mass is 9.96. The zero-order valence-electron chi connectivity index (χ0n) is 16.9. The van der Waals surface area contributed by atoms with Gasteiger partial charge < -0.3 is 9.13 Å². The van der Waals surface area contributed by atoms with Crippen molar-refractivity contribution in [1.29, 1.82) is 0 Å². The fourth-order valence-electron chi connectivity index (χ4n) is 4.10. The second-order valence-corrected chi connectivity index (χ2v) is 8.51. The van der Waals surface area contributed by atoms with Crippen LogP contribution in [-0.2, 0) is 22.7 Å². The van der Waals surface area contributed by atoms with Gasteiger partial charge in [0.25, 0.3) is 11.8 Å². The van der Waals surface area contributed by atoms with Gasteiger partial charge in [-0.2, -0.15) is 0 Å². The molecule has 0 saturated heterocycles. The van der Waals surface area contributed by atoms with Crippen molar-refractivity contribution in [1.82, 2.24) is 19.4 Å². The Morgan fingerprint density at radius 2 is 1.78 bits per heavy atom. The van der Waals surface area contributed by atoms with Crippen LogP contribution in [0, 0.1) is 5.82 Å². The van der Waals surface area contributed by atoms with Crippen molar-refractivity contribution in [2.45, 2.75) is 19.5 Å². The molecule has 0 saturated carbocycles. The van der Waals surface area contributed by atoms with E-state index in [1.54, 1.807) is 12.5 Å². The number of hydrogen-bond acceptors (Lipinski definition) is 3. The van der Waals surface area contributed by atoms with Crippen LogP contribution in [0.4, 0.5) is 4.39 Å². The van der Waals surface area contributed by atoms with Crippen LogP contribution in [0.2, 0.25) is 0 Å². The van der Waals surface area contributed by atoms with E-state index in [9.17, 15) is 14.0 Å². The molecule has 160 valence electrons. The lowest BCUT2D eigenvalue weighted by Gasteiger charge is -2.06. The number of nitrogens with zero attached hydrogens (tertiary/aromatic N) is 3. The third-order valence-corrected chi connectivity index (χ3v) is 6.05. The largest absolute Gasteiger partial charge is 0.347 e. The van der Waals surface area contributed by atoms with Gasteiger partial charge in [0.05, 0.1) is 17.5 Å². The van der Waals surface area contributed by atoms with E-state index >= 15 is 0 Å². The molecular weight excluding hydrogens is 475 g/mol. The highest BCUT2D eigenvalue weighted by molar-refractivity contribution is 9.10. The van der Waals surface area contributed by atoms with Gasteiger partial charge in [0.1, 0.15) is 5.82 Å². The highest BCUT2D eigenvalue weighted by atomic mass is 79.9. The Labute approximate surface area is 191 Å². The van der Waals surface area contributed by atoms with Crippen LogP contribution in [0.5, 0.6) is 0 Å². The Kier molecular flexibility index (Phi) is 5.22. The van der Waals surface area contributed by atoms with Gasteiger partial charge in [0, 0.05) is 52.6 Å². The minimum absolute atomic E-state index is 0.260. The molecule has 8 heteroatoms. The average molecular weight is 493 g/mol. The molecule has 4 aromatic rings. The van der Waals surface area contributed by atoms with E-state index in [1.165, 1.54) is 24.3 Å². The number of fused-ring (bicyclic) bond motifs is 1. The summed E-state index contributed by atoms with van der Waals surface area (Å²) in [5, 5.41) is 3.27. The van der Waals surface area contributed by atoms with Crippen LogP contribution in [0.25, 0.3) is 22.0 Å². The Morgan fingerprint density at radius 1 is 1.00 bits per heavy atom. The Morgan fingerprint density at radius 3 is 2.53 bits per heavy atom. The van der Waals surface area contributed by atoms with Crippen molar-refractivity contribution >= 4 is 49.8 Å². The summed E-state index contributed by atoms with van der Waals surface area (Å²) >= 11 is 3.53. The fraction of sp³-hybridized carbons (Fsp3) is 0.125. The molecule has 6 nitrogen and oxygen atoms in total. The fourth-order valence-corrected chi connectivity index (χ4v) is 4.45. The molecule has 1 N–H and O–H groups in total. The summed E-state index contributed by atoms with van der Waals surface area (Å²) in [4.78, 5) is 29.5. The van der Waals surface area contributed by atoms with E-state index in [-0.39, 0.29) is 5.57 Å². The van der Waals surface area contributed by atoms with Crippen LogP contribution < -0.4 is 5.32 Å². The highest BCUT2D eigenvalue weighted by Crippen LogP contribution is 2.37. The molecule has 2 aromatic heterocycles. The van der Waals surface area contributed by atoms with E-state index in [0.29, 0.717) is 16.7 Å². The maximum atomic E-state index is 13.4. The van der Waals surface area contributed by atoms with Crippen LogP contribution in [0.3, 0.4) is 0 Å². The number of carbonyl (C=O) groups is 2. The number of amides is 2. The van der Waals surface area contributed by atoms with E-state index in [0.717, 1.165) is 34.9 Å². The van der Waals surface area contributed by atoms with Crippen LogP contribution in [0.1, 0.15) is 17.5 Å². The topological polar surface area (TPSA) is 68.9 Å². The summed E-state index contributed by atoms with van der Waals surface area (Å²) < 4.78 is 18.5. The third kappa shape index (κ3) is 3.67. The van der Waals surface area contributed by atoms with Crippen molar-refractivity contribution in [2.75, 3.05) is 0 Å². The summed E-state index contributed by atoms with van der Waals surface area (Å²) in [6.45, 7) is 1.53. The number of hydrogen-bond donors (Lipinski definition) is 1. The molecule has 2 aromatic carbocycles. The van der Waals surface area contributed by atoms with Gasteiger partial charge in [0.2, 0.25) is 0 Å². The number of imidazole rings is 1. The Bertz CT molecular complexity index is 1370. The summed E-state index contributed by atoms with van der Waals surface area (Å²) in [6, 6.07) is 11.5. The number of benzene rings is 2. The van der Waals surface area contributed by atoms with E-state index in [4.69, 9.17) is 0 Å². The number of nitrogens with one attached hydrogen (secondary N) is 1. The molecule has 5 rings (SSSR count). The van der Waals surface area contributed by atoms with Gasteiger partial charge in [-0.05, 0) is 36.2 Å². The molecule has 0 radical (unpaired) electrons. The molecule has 0 spiro atoms. The zero-order chi connectivity index (χ0) is 22.2. The number of aromatic nitrogens is 3. The van der Waals surface area contributed by atoms with Crippen molar-refractivity contribution in [2.24, 2.45) is 0 Å². The van der Waals surface area contributed by atoms with Crippen LogP contribution in [0.15, 0.2) is 71.9 Å². The van der Waals surface area contributed by atoms with Crippen LogP contribution in [-0.4, -0.2) is 25.9 Å². The van der Waals surface area contributed by atoms with E-state index in [1.807, 2.05) is 35.2 Å². The number of halogens is 2. The summed E-state index contributed by atoms with van der Waals surface area (Å²) in [5.41, 5.74) is 2.71. The molecule has 0 fully saturated rings. The van der Waals surface area contributed by atoms with Gasteiger partial charge in [-0.3, -0.25) is 14.9 Å². The first kappa shape index (κ1) is 20.4. The lowest BCUT2D eigenvalue weighted by Crippen LogP contribution is -2.22. The van der Waals surface area contributed by atoms with Gasteiger partial charge >= 0.3 is 0 Å². The van der Waals surface area contributed by atoms with E-state index < -0.39 is 17.6 Å². The van der Waals surface area contributed by atoms with E-state index in [2.05, 4.69) is 30.8 Å². The molecule has 3 heterocycles. The number of rotatable bonds is 6. The molecule has 1 aliphatic heterocycles. The average Bonchev–Trinajstić information content (AvgIpc) is 3.47. The SMILES string of the molecule is O=C1NC(=O)C(c2cn(CCCn3ccnc3)c3cc(Br)ccc23)=C1c1ccc(F)cc1. The van der Waals surface area contributed by atoms with Crippen molar-refractivity contribution < 1.29 is 14.0 Å². The predicted molar refractivity (Wildman–Crippen MR) is 123 cm³/mol. The monoisotopic (exact) mass is 492 g/mol. The third-order valence-electron chi connectivity index (χ3n) is 5.55. The molecule has 0 atom stereocenters. The predicted octanol–water partition coefficient (Wildman–Crippen LogP) is 4.40. The Balaban J connectivity index is 1.61.